The first-order valence-corrected chi connectivity index (χ1v) is 8.61. The Morgan fingerprint density at radius 1 is 1.12 bits per heavy atom. The summed E-state index contributed by atoms with van der Waals surface area (Å²) in [5.74, 6) is 3.03. The normalized spacial score (nSPS) is 17.6. The van der Waals surface area contributed by atoms with Crippen molar-refractivity contribution in [3.8, 4) is 17.2 Å². The highest BCUT2D eigenvalue weighted by atomic mass is 35.5. The molecule has 0 aliphatic carbocycles. The second-order valence-electron chi connectivity index (χ2n) is 6.73. The van der Waals surface area contributed by atoms with Crippen LogP contribution in [0.1, 0.15) is 38.3 Å². The van der Waals surface area contributed by atoms with E-state index in [1.807, 2.05) is 0 Å². The highest BCUT2D eigenvalue weighted by Gasteiger charge is 2.27. The van der Waals surface area contributed by atoms with Crippen molar-refractivity contribution in [2.75, 3.05) is 40.1 Å². The molecule has 7 heteroatoms. The Balaban J connectivity index is 0.00000156. The molecule has 1 aromatic carbocycles. The van der Waals surface area contributed by atoms with Gasteiger partial charge in [-0.25, -0.2) is 0 Å². The molecular weight excluding hydrogens is 363 g/mol. The molecule has 0 spiro atoms. The molecule has 144 valence electrons. The topological polar surface area (TPSA) is 43.0 Å². The fourth-order valence-electron chi connectivity index (χ4n) is 3.39. The lowest BCUT2D eigenvalue weighted by molar-refractivity contribution is 0.159. The van der Waals surface area contributed by atoms with Gasteiger partial charge in [0.15, 0.2) is 11.5 Å². The molecule has 1 fully saturated rings. The molecule has 5 nitrogen and oxygen atoms in total. The minimum absolute atomic E-state index is 0. The van der Waals surface area contributed by atoms with Crippen LogP contribution >= 0.6 is 24.8 Å². The molecule has 25 heavy (non-hydrogen) atoms. The molecule has 0 unspecified atom stereocenters. The predicted molar refractivity (Wildman–Crippen MR) is 105 cm³/mol. The Bertz CT molecular complexity index is 537. The molecule has 1 N–H and O–H groups in total. The van der Waals surface area contributed by atoms with Gasteiger partial charge < -0.3 is 19.5 Å². The molecule has 2 heterocycles. The standard InChI is InChI=1S/C18H28N2O3.2ClH/c1-13(2)4-5-15(20-8-6-19-7-9-20)14-10-16(21-3)18-17(11-14)22-12-23-18;;/h10-11,13,15,19H,4-9,12H2,1-3H3;2*1H/t15-;;/m0../s1. The average Bonchev–Trinajstić information content (AvgIpc) is 3.03. The van der Waals surface area contributed by atoms with Crippen LogP contribution in [-0.2, 0) is 0 Å². The molecule has 0 aromatic heterocycles. The van der Waals surface area contributed by atoms with Gasteiger partial charge in [0, 0.05) is 32.2 Å². The Hall–Kier alpha value is -0.880. The molecule has 1 atom stereocenters. The lowest BCUT2D eigenvalue weighted by Crippen LogP contribution is -2.45. The summed E-state index contributed by atoms with van der Waals surface area (Å²) in [4.78, 5) is 2.58. The van der Waals surface area contributed by atoms with E-state index in [0.29, 0.717) is 12.0 Å². The van der Waals surface area contributed by atoms with Gasteiger partial charge in [0.25, 0.3) is 0 Å². The van der Waals surface area contributed by atoms with Crippen molar-refractivity contribution in [1.29, 1.82) is 0 Å². The lowest BCUT2D eigenvalue weighted by atomic mass is 9.95. The summed E-state index contributed by atoms with van der Waals surface area (Å²) < 4.78 is 16.7. The van der Waals surface area contributed by atoms with E-state index in [4.69, 9.17) is 14.2 Å². The number of halogens is 2. The van der Waals surface area contributed by atoms with E-state index in [0.717, 1.165) is 49.8 Å². The minimum atomic E-state index is 0. The van der Waals surface area contributed by atoms with Crippen molar-refractivity contribution in [2.45, 2.75) is 32.7 Å². The van der Waals surface area contributed by atoms with Gasteiger partial charge in [-0.15, -0.1) is 24.8 Å². The first kappa shape index (κ1) is 22.2. The van der Waals surface area contributed by atoms with Crippen molar-refractivity contribution in [2.24, 2.45) is 5.92 Å². The molecule has 1 saturated heterocycles. The number of hydrogen-bond donors (Lipinski definition) is 1. The van der Waals surface area contributed by atoms with Crippen LogP contribution in [0.15, 0.2) is 12.1 Å². The summed E-state index contributed by atoms with van der Waals surface area (Å²) in [6.07, 6.45) is 2.37. The van der Waals surface area contributed by atoms with Gasteiger partial charge in [0.2, 0.25) is 12.5 Å². The van der Waals surface area contributed by atoms with Crippen LogP contribution in [-0.4, -0.2) is 45.0 Å². The third-order valence-electron chi connectivity index (χ3n) is 4.68. The van der Waals surface area contributed by atoms with Crippen LogP contribution in [0.3, 0.4) is 0 Å². The van der Waals surface area contributed by atoms with Gasteiger partial charge in [-0.1, -0.05) is 13.8 Å². The molecule has 2 aliphatic rings. The van der Waals surface area contributed by atoms with Gasteiger partial charge in [0.05, 0.1) is 7.11 Å². The fourth-order valence-corrected chi connectivity index (χ4v) is 3.39. The van der Waals surface area contributed by atoms with Gasteiger partial charge in [0.1, 0.15) is 0 Å². The first-order chi connectivity index (χ1) is 11.2. The maximum atomic E-state index is 5.61. The van der Waals surface area contributed by atoms with Gasteiger partial charge in [-0.3, -0.25) is 4.90 Å². The highest BCUT2D eigenvalue weighted by molar-refractivity contribution is 5.85. The summed E-state index contributed by atoms with van der Waals surface area (Å²) in [5, 5.41) is 3.44. The Labute approximate surface area is 163 Å². The molecule has 0 saturated carbocycles. The highest BCUT2D eigenvalue weighted by Crippen LogP contribution is 2.44. The monoisotopic (exact) mass is 392 g/mol. The molecule has 1 aromatic rings. The van der Waals surface area contributed by atoms with Crippen molar-refractivity contribution in [1.82, 2.24) is 10.2 Å². The third kappa shape index (κ3) is 5.30. The van der Waals surface area contributed by atoms with Crippen molar-refractivity contribution in [3.05, 3.63) is 17.7 Å². The zero-order valence-corrected chi connectivity index (χ0v) is 16.9. The van der Waals surface area contributed by atoms with Crippen LogP contribution in [0.25, 0.3) is 0 Å². The number of piperazine rings is 1. The quantitative estimate of drug-likeness (QED) is 0.799. The SMILES string of the molecule is COc1cc([C@H](CCC(C)C)N2CCNCC2)cc2c1OCO2.Cl.Cl. The van der Waals surface area contributed by atoms with Gasteiger partial charge in [-0.2, -0.15) is 0 Å². The summed E-state index contributed by atoms with van der Waals surface area (Å²) in [6, 6.07) is 4.67. The van der Waals surface area contributed by atoms with Gasteiger partial charge >= 0.3 is 0 Å². The Morgan fingerprint density at radius 3 is 2.48 bits per heavy atom. The largest absolute Gasteiger partial charge is 0.493 e. The average molecular weight is 393 g/mol. The smallest absolute Gasteiger partial charge is 0.231 e. The molecule has 0 amide bonds. The summed E-state index contributed by atoms with van der Waals surface area (Å²) in [5.41, 5.74) is 1.27. The number of methoxy groups -OCH3 is 1. The zero-order valence-electron chi connectivity index (χ0n) is 15.2. The second kappa shape index (κ2) is 10.3. The van der Waals surface area contributed by atoms with E-state index < -0.39 is 0 Å². The first-order valence-electron chi connectivity index (χ1n) is 8.61. The van der Waals surface area contributed by atoms with Crippen LogP contribution < -0.4 is 19.5 Å². The number of rotatable bonds is 6. The van der Waals surface area contributed by atoms with Crippen molar-refractivity contribution >= 4 is 24.8 Å². The number of benzene rings is 1. The number of nitrogens with one attached hydrogen (secondary N) is 1. The summed E-state index contributed by atoms with van der Waals surface area (Å²) in [7, 11) is 1.69. The number of ether oxygens (including phenoxy) is 3. The van der Waals surface area contributed by atoms with Crippen molar-refractivity contribution in [3.63, 3.8) is 0 Å². The molecular formula is C18H30Cl2N2O3. The van der Waals surface area contributed by atoms with E-state index in [9.17, 15) is 0 Å². The minimum Gasteiger partial charge on any atom is -0.493 e. The molecule has 0 radical (unpaired) electrons. The van der Waals surface area contributed by atoms with E-state index in [-0.39, 0.29) is 31.6 Å². The molecule has 3 rings (SSSR count). The van der Waals surface area contributed by atoms with E-state index in [1.54, 1.807) is 7.11 Å². The molecule has 0 bridgehead atoms. The molecule has 2 aliphatic heterocycles. The summed E-state index contributed by atoms with van der Waals surface area (Å²) in [6.45, 7) is 9.13. The second-order valence-corrected chi connectivity index (χ2v) is 6.73. The van der Waals surface area contributed by atoms with E-state index >= 15 is 0 Å². The number of hydrogen-bond acceptors (Lipinski definition) is 5. The van der Waals surface area contributed by atoms with Crippen LogP contribution in [0.2, 0.25) is 0 Å². The maximum Gasteiger partial charge on any atom is 0.231 e. The van der Waals surface area contributed by atoms with E-state index in [1.165, 1.54) is 12.0 Å². The Morgan fingerprint density at radius 2 is 1.84 bits per heavy atom. The van der Waals surface area contributed by atoms with Crippen LogP contribution in [0, 0.1) is 5.92 Å². The van der Waals surface area contributed by atoms with Crippen LogP contribution in [0.4, 0.5) is 0 Å². The lowest BCUT2D eigenvalue weighted by Gasteiger charge is -2.36. The summed E-state index contributed by atoms with van der Waals surface area (Å²) >= 11 is 0. The zero-order chi connectivity index (χ0) is 16.2. The maximum absolute atomic E-state index is 5.61. The van der Waals surface area contributed by atoms with Gasteiger partial charge in [-0.05, 0) is 36.5 Å². The Kier molecular flexibility index (Phi) is 9.14. The van der Waals surface area contributed by atoms with E-state index in [2.05, 4.69) is 36.2 Å². The van der Waals surface area contributed by atoms with Crippen molar-refractivity contribution < 1.29 is 14.2 Å². The van der Waals surface area contributed by atoms with Crippen LogP contribution in [0.5, 0.6) is 17.2 Å². The third-order valence-corrected chi connectivity index (χ3v) is 4.68. The predicted octanol–water partition coefficient (Wildman–Crippen LogP) is 3.65. The number of fused-ring (bicyclic) bond motifs is 1. The fraction of sp³-hybridized carbons (Fsp3) is 0.667. The number of nitrogens with zero attached hydrogens (tertiary/aromatic N) is 1.